The van der Waals surface area contributed by atoms with Gasteiger partial charge in [-0.1, -0.05) is 11.6 Å². The molecular weight excluding hydrogens is 280 g/mol. The molecule has 0 bridgehead atoms. The van der Waals surface area contributed by atoms with E-state index < -0.39 is 0 Å². The van der Waals surface area contributed by atoms with Crippen molar-refractivity contribution in [3.8, 4) is 0 Å². The molecule has 1 aromatic carbocycles. The van der Waals surface area contributed by atoms with Crippen LogP contribution < -0.4 is 5.32 Å². The molecule has 1 atom stereocenters. The van der Waals surface area contributed by atoms with E-state index in [4.69, 9.17) is 11.6 Å². The highest BCUT2D eigenvalue weighted by Gasteiger charge is 2.24. The lowest BCUT2D eigenvalue weighted by atomic mass is 10.1. The predicted octanol–water partition coefficient (Wildman–Crippen LogP) is 2.89. The summed E-state index contributed by atoms with van der Waals surface area (Å²) in [5, 5.41) is 3.85. The molecule has 1 aromatic rings. The van der Waals surface area contributed by atoms with E-state index >= 15 is 0 Å². The smallest absolute Gasteiger partial charge is 0.255 e. The van der Waals surface area contributed by atoms with E-state index in [1.54, 1.807) is 17.8 Å². The van der Waals surface area contributed by atoms with Gasteiger partial charge in [-0.25, -0.2) is 0 Å². The lowest BCUT2D eigenvalue weighted by Crippen LogP contribution is -2.46. The van der Waals surface area contributed by atoms with E-state index in [-0.39, 0.29) is 11.9 Å². The van der Waals surface area contributed by atoms with Crippen molar-refractivity contribution in [2.75, 3.05) is 26.4 Å². The maximum absolute atomic E-state index is 12.5. The zero-order chi connectivity index (χ0) is 13.8. The maximum Gasteiger partial charge on any atom is 0.255 e. The number of likely N-dealkylation sites (N-methyl/N-ethyl adjacent to an activating group) is 1. The van der Waals surface area contributed by atoms with Crippen LogP contribution in [0.1, 0.15) is 23.2 Å². The fourth-order valence-corrected chi connectivity index (χ4v) is 2.95. The van der Waals surface area contributed by atoms with Crippen LogP contribution in [0.25, 0.3) is 0 Å². The monoisotopic (exact) mass is 298 g/mol. The molecule has 1 N–H and O–H groups in total. The van der Waals surface area contributed by atoms with Gasteiger partial charge in [-0.3, -0.25) is 4.79 Å². The minimum absolute atomic E-state index is 0.00889. The van der Waals surface area contributed by atoms with E-state index in [1.165, 1.54) is 0 Å². The first-order valence-corrected chi connectivity index (χ1v) is 8.05. The number of thioether (sulfide) groups is 1. The van der Waals surface area contributed by atoms with Gasteiger partial charge < -0.3 is 10.2 Å². The second kappa shape index (κ2) is 6.64. The number of rotatable bonds is 3. The lowest BCUT2D eigenvalue weighted by molar-refractivity contribution is 0.0708. The Morgan fingerprint density at radius 2 is 2.32 bits per heavy atom. The summed E-state index contributed by atoms with van der Waals surface area (Å²) in [6.45, 7) is 1.91. The molecule has 1 amide bonds. The summed E-state index contributed by atoms with van der Waals surface area (Å²) >= 11 is 7.77. The van der Waals surface area contributed by atoms with Gasteiger partial charge in [0.2, 0.25) is 0 Å². The third kappa shape index (κ3) is 3.44. The number of nitrogens with zero attached hydrogens (tertiary/aromatic N) is 1. The quantitative estimate of drug-likeness (QED) is 0.871. The van der Waals surface area contributed by atoms with E-state index in [1.807, 2.05) is 30.3 Å². The molecule has 0 aliphatic carbocycles. The third-order valence-electron chi connectivity index (χ3n) is 3.54. The molecular formula is C14H19ClN2OS. The van der Waals surface area contributed by atoms with Crippen LogP contribution in [0, 0.1) is 0 Å². The fraction of sp³-hybridized carbons (Fsp3) is 0.500. The molecule has 2 rings (SSSR count). The third-order valence-corrected chi connectivity index (χ3v) is 4.60. The van der Waals surface area contributed by atoms with Crippen molar-refractivity contribution < 1.29 is 4.79 Å². The van der Waals surface area contributed by atoms with Crippen molar-refractivity contribution in [2.45, 2.75) is 23.8 Å². The molecule has 1 aliphatic heterocycles. The standard InChI is InChI=1S/C14H19ClN2OS/c1-17(10-4-3-7-16-9-10)14(18)12-8-11(19-2)5-6-13(12)15/h5-6,8,10,16H,3-4,7,9H2,1-2H3. The summed E-state index contributed by atoms with van der Waals surface area (Å²) in [5.74, 6) is 0.00889. The predicted molar refractivity (Wildman–Crippen MR) is 81.2 cm³/mol. The average Bonchev–Trinajstić information content (AvgIpc) is 2.47. The second-order valence-corrected chi connectivity index (χ2v) is 6.05. The zero-order valence-corrected chi connectivity index (χ0v) is 12.9. The first kappa shape index (κ1) is 14.7. The molecule has 1 unspecified atom stereocenters. The van der Waals surface area contributed by atoms with Crippen molar-refractivity contribution in [3.63, 3.8) is 0 Å². The number of hydrogen-bond donors (Lipinski definition) is 1. The molecule has 1 heterocycles. The molecule has 104 valence electrons. The number of carbonyl (C=O) groups excluding carboxylic acids is 1. The van der Waals surface area contributed by atoms with Gasteiger partial charge in [-0.2, -0.15) is 0 Å². The highest BCUT2D eigenvalue weighted by molar-refractivity contribution is 7.98. The minimum atomic E-state index is 0.00889. The van der Waals surface area contributed by atoms with Gasteiger partial charge in [0.1, 0.15) is 0 Å². The minimum Gasteiger partial charge on any atom is -0.337 e. The molecule has 0 saturated carbocycles. The second-order valence-electron chi connectivity index (χ2n) is 4.76. The molecule has 1 aliphatic rings. The Labute approximate surface area is 123 Å². The summed E-state index contributed by atoms with van der Waals surface area (Å²) in [7, 11) is 1.86. The van der Waals surface area contributed by atoms with Crippen LogP contribution in [0.5, 0.6) is 0 Å². The summed E-state index contributed by atoms with van der Waals surface area (Å²) in [6.07, 6.45) is 4.15. The van der Waals surface area contributed by atoms with Crippen LogP contribution in [-0.4, -0.2) is 43.2 Å². The number of piperidine rings is 1. The van der Waals surface area contributed by atoms with E-state index in [0.29, 0.717) is 10.6 Å². The van der Waals surface area contributed by atoms with Crippen LogP contribution in [0.3, 0.4) is 0 Å². The van der Waals surface area contributed by atoms with Crippen molar-refractivity contribution in [1.29, 1.82) is 0 Å². The average molecular weight is 299 g/mol. The number of carbonyl (C=O) groups is 1. The molecule has 3 nitrogen and oxygen atoms in total. The highest BCUT2D eigenvalue weighted by atomic mass is 35.5. The topological polar surface area (TPSA) is 32.3 Å². The van der Waals surface area contributed by atoms with Crippen LogP contribution >= 0.6 is 23.4 Å². The van der Waals surface area contributed by atoms with Crippen molar-refractivity contribution in [1.82, 2.24) is 10.2 Å². The Morgan fingerprint density at radius 3 is 2.95 bits per heavy atom. The van der Waals surface area contributed by atoms with Crippen molar-refractivity contribution in [2.24, 2.45) is 0 Å². The number of hydrogen-bond acceptors (Lipinski definition) is 3. The van der Waals surface area contributed by atoms with E-state index in [2.05, 4.69) is 5.32 Å². The Kier molecular flexibility index (Phi) is 5.13. The Bertz CT molecular complexity index is 461. The van der Waals surface area contributed by atoms with Gasteiger partial charge in [-0.05, 0) is 43.8 Å². The first-order valence-electron chi connectivity index (χ1n) is 6.45. The van der Waals surface area contributed by atoms with Gasteiger partial charge >= 0.3 is 0 Å². The Hall–Kier alpha value is -0.710. The maximum atomic E-state index is 12.5. The Morgan fingerprint density at radius 1 is 1.53 bits per heavy atom. The summed E-state index contributed by atoms with van der Waals surface area (Å²) in [5.41, 5.74) is 0.599. The fourth-order valence-electron chi connectivity index (χ4n) is 2.32. The Balaban J connectivity index is 2.18. The van der Waals surface area contributed by atoms with Crippen molar-refractivity contribution >= 4 is 29.3 Å². The molecule has 19 heavy (non-hydrogen) atoms. The number of nitrogens with one attached hydrogen (secondary N) is 1. The van der Waals surface area contributed by atoms with Gasteiger partial charge in [0, 0.05) is 24.5 Å². The van der Waals surface area contributed by atoms with Gasteiger partial charge in [0.05, 0.1) is 10.6 Å². The number of amides is 1. The normalized spacial score (nSPS) is 19.2. The largest absolute Gasteiger partial charge is 0.337 e. The molecule has 0 radical (unpaired) electrons. The zero-order valence-electron chi connectivity index (χ0n) is 11.3. The van der Waals surface area contributed by atoms with Crippen LogP contribution in [0.2, 0.25) is 5.02 Å². The highest BCUT2D eigenvalue weighted by Crippen LogP contribution is 2.25. The number of halogens is 1. The molecule has 0 aromatic heterocycles. The molecule has 0 spiro atoms. The SMILES string of the molecule is CSc1ccc(Cl)c(C(=O)N(C)C2CCCNC2)c1. The molecule has 5 heteroatoms. The van der Waals surface area contributed by atoms with Crippen LogP contribution in [-0.2, 0) is 0 Å². The molecule has 1 fully saturated rings. The number of benzene rings is 1. The molecule has 1 saturated heterocycles. The lowest BCUT2D eigenvalue weighted by Gasteiger charge is -2.32. The first-order chi connectivity index (χ1) is 9.13. The summed E-state index contributed by atoms with van der Waals surface area (Å²) in [4.78, 5) is 15.4. The van der Waals surface area contributed by atoms with Gasteiger partial charge in [0.15, 0.2) is 0 Å². The van der Waals surface area contributed by atoms with E-state index in [0.717, 1.165) is 30.8 Å². The van der Waals surface area contributed by atoms with E-state index in [9.17, 15) is 4.79 Å². The van der Waals surface area contributed by atoms with Gasteiger partial charge in [-0.15, -0.1) is 11.8 Å². The van der Waals surface area contributed by atoms with Crippen LogP contribution in [0.4, 0.5) is 0 Å². The summed E-state index contributed by atoms with van der Waals surface area (Å²) < 4.78 is 0. The van der Waals surface area contributed by atoms with Crippen LogP contribution in [0.15, 0.2) is 23.1 Å². The van der Waals surface area contributed by atoms with Crippen molar-refractivity contribution in [3.05, 3.63) is 28.8 Å². The van der Waals surface area contributed by atoms with Gasteiger partial charge in [0.25, 0.3) is 5.91 Å². The summed E-state index contributed by atoms with van der Waals surface area (Å²) in [6, 6.07) is 5.87.